The van der Waals surface area contributed by atoms with Crippen LogP contribution in [-0.4, -0.2) is 27.4 Å². The van der Waals surface area contributed by atoms with Crippen molar-refractivity contribution in [1.82, 2.24) is 15.1 Å². The molecule has 0 fully saturated rings. The van der Waals surface area contributed by atoms with E-state index < -0.39 is 18.1 Å². The van der Waals surface area contributed by atoms with Crippen molar-refractivity contribution < 1.29 is 40.6 Å². The monoisotopic (exact) mass is 547 g/mol. The third-order valence-electron chi connectivity index (χ3n) is 6.09. The number of carbonyl (C=O) groups excluding carboxylic acids is 1. The third kappa shape index (κ3) is 6.00. The maximum atomic E-state index is 12.9. The molecule has 1 amide bonds. The number of H-pyrrole nitrogens is 1. The molecule has 202 valence electrons. The minimum atomic E-state index is -4.78. The molecule has 0 aliphatic carbocycles. The number of alkyl halides is 6. The van der Waals surface area contributed by atoms with Crippen LogP contribution in [0.25, 0.3) is 11.3 Å². The molecular formula is C27H19F6N3O3. The number of nitrogens with one attached hydrogen (secondary N) is 1. The summed E-state index contributed by atoms with van der Waals surface area (Å²) >= 11 is 0. The summed E-state index contributed by atoms with van der Waals surface area (Å²) in [6.45, 7) is 0.561. The van der Waals surface area contributed by atoms with Crippen molar-refractivity contribution in [1.29, 1.82) is 0 Å². The third-order valence-corrected chi connectivity index (χ3v) is 6.09. The maximum Gasteiger partial charge on any atom is 0.573 e. The highest BCUT2D eigenvalue weighted by atomic mass is 19.4. The van der Waals surface area contributed by atoms with Crippen molar-refractivity contribution in [2.45, 2.75) is 32.2 Å². The van der Waals surface area contributed by atoms with Gasteiger partial charge in [0.15, 0.2) is 0 Å². The highest BCUT2D eigenvalue weighted by Gasteiger charge is 2.32. The average Bonchev–Trinajstić information content (AvgIpc) is 3.47. The number of carbonyl (C=O) groups is 1. The standard InChI is InChI=1S/C27H19F6N3O3/c28-26(29,30)20-5-3-17(4-6-20)24-19(12-34-35-24)15-38-22-9-10-23-18(11-22)14-36(25(23)37)13-16-1-7-21(8-2-16)39-27(31,32)33/h1-12H,13-15H2,(H,34,35). The Labute approximate surface area is 217 Å². The first-order valence-electron chi connectivity index (χ1n) is 11.6. The lowest BCUT2D eigenvalue weighted by atomic mass is 10.1. The van der Waals surface area contributed by atoms with Gasteiger partial charge in [0.25, 0.3) is 5.91 Å². The Balaban J connectivity index is 1.22. The van der Waals surface area contributed by atoms with Gasteiger partial charge >= 0.3 is 12.5 Å². The Kier molecular flexibility index (Phi) is 6.71. The van der Waals surface area contributed by atoms with Crippen LogP contribution in [0.5, 0.6) is 11.5 Å². The van der Waals surface area contributed by atoms with Crippen LogP contribution in [0.1, 0.15) is 32.6 Å². The largest absolute Gasteiger partial charge is 0.573 e. The zero-order valence-corrected chi connectivity index (χ0v) is 19.9. The first kappa shape index (κ1) is 26.1. The van der Waals surface area contributed by atoms with Crippen molar-refractivity contribution in [2.75, 3.05) is 0 Å². The van der Waals surface area contributed by atoms with Gasteiger partial charge in [0.05, 0.1) is 11.3 Å². The number of fused-ring (bicyclic) bond motifs is 1. The first-order chi connectivity index (χ1) is 18.5. The molecule has 39 heavy (non-hydrogen) atoms. The van der Waals surface area contributed by atoms with Crippen LogP contribution in [-0.2, 0) is 25.9 Å². The molecule has 0 saturated heterocycles. The van der Waals surface area contributed by atoms with Gasteiger partial charge < -0.3 is 14.4 Å². The van der Waals surface area contributed by atoms with Crippen molar-refractivity contribution >= 4 is 5.91 Å². The molecule has 1 aliphatic rings. The van der Waals surface area contributed by atoms with E-state index in [1.54, 1.807) is 29.3 Å². The fraction of sp³-hybridized carbons (Fsp3) is 0.185. The molecule has 0 radical (unpaired) electrons. The van der Waals surface area contributed by atoms with Gasteiger partial charge in [-0.1, -0.05) is 24.3 Å². The number of rotatable bonds is 7. The van der Waals surface area contributed by atoms with Gasteiger partial charge in [0.1, 0.15) is 18.1 Å². The van der Waals surface area contributed by atoms with Crippen molar-refractivity contribution in [2.24, 2.45) is 0 Å². The topological polar surface area (TPSA) is 67.5 Å². The number of aromatic amines is 1. The summed E-state index contributed by atoms with van der Waals surface area (Å²) in [7, 11) is 0. The summed E-state index contributed by atoms with van der Waals surface area (Å²) in [6, 6.07) is 15.0. The van der Waals surface area contributed by atoms with E-state index in [2.05, 4.69) is 14.9 Å². The predicted molar refractivity (Wildman–Crippen MR) is 127 cm³/mol. The van der Waals surface area contributed by atoms with E-state index in [1.807, 2.05) is 0 Å². The lowest BCUT2D eigenvalue weighted by Crippen LogP contribution is -2.23. The lowest BCUT2D eigenvalue weighted by Gasteiger charge is -2.16. The molecule has 0 saturated carbocycles. The van der Waals surface area contributed by atoms with Crippen LogP contribution in [0, 0.1) is 0 Å². The van der Waals surface area contributed by atoms with E-state index in [1.165, 1.54) is 36.4 Å². The van der Waals surface area contributed by atoms with Crippen LogP contribution >= 0.6 is 0 Å². The van der Waals surface area contributed by atoms with E-state index in [4.69, 9.17) is 4.74 Å². The number of nitrogens with zero attached hydrogens (tertiary/aromatic N) is 2. The van der Waals surface area contributed by atoms with Gasteiger partial charge in [-0.25, -0.2) is 0 Å². The lowest BCUT2D eigenvalue weighted by molar-refractivity contribution is -0.274. The average molecular weight is 547 g/mol. The van der Waals surface area contributed by atoms with Crippen molar-refractivity contribution in [3.8, 4) is 22.8 Å². The minimum Gasteiger partial charge on any atom is -0.489 e. The Morgan fingerprint density at radius 3 is 2.26 bits per heavy atom. The van der Waals surface area contributed by atoms with Crippen LogP contribution in [0.3, 0.4) is 0 Å². The van der Waals surface area contributed by atoms with E-state index in [9.17, 15) is 31.1 Å². The molecule has 1 aliphatic heterocycles. The number of hydrogen-bond donors (Lipinski definition) is 1. The van der Waals surface area contributed by atoms with E-state index >= 15 is 0 Å². The van der Waals surface area contributed by atoms with Gasteiger partial charge in [-0.3, -0.25) is 9.89 Å². The van der Waals surface area contributed by atoms with Crippen LogP contribution in [0.15, 0.2) is 72.9 Å². The van der Waals surface area contributed by atoms with Gasteiger partial charge in [0, 0.05) is 36.0 Å². The molecule has 3 aromatic carbocycles. The summed E-state index contributed by atoms with van der Waals surface area (Å²) in [5.41, 5.74) is 2.68. The Bertz CT molecular complexity index is 1480. The second-order valence-electron chi connectivity index (χ2n) is 8.79. The Hall–Kier alpha value is -4.48. The molecule has 12 heteroatoms. The molecule has 2 heterocycles. The van der Waals surface area contributed by atoms with Gasteiger partial charge in [-0.15, -0.1) is 13.2 Å². The summed E-state index contributed by atoms with van der Waals surface area (Å²) in [5, 5.41) is 6.83. The smallest absolute Gasteiger partial charge is 0.489 e. The Morgan fingerprint density at radius 2 is 1.59 bits per heavy atom. The summed E-state index contributed by atoms with van der Waals surface area (Å²) < 4.78 is 85.4. The molecule has 0 spiro atoms. The SMILES string of the molecule is O=C1c2ccc(OCc3c[nH]nc3-c3ccc(C(F)(F)F)cc3)cc2CN1Cc1ccc(OC(F)(F)F)cc1. The zero-order chi connectivity index (χ0) is 27.8. The molecule has 5 rings (SSSR count). The minimum absolute atomic E-state index is 0.0790. The van der Waals surface area contributed by atoms with E-state index in [0.717, 1.165) is 17.7 Å². The van der Waals surface area contributed by atoms with E-state index in [0.29, 0.717) is 33.7 Å². The van der Waals surface area contributed by atoms with Crippen molar-refractivity contribution in [3.05, 3.63) is 101 Å². The second-order valence-corrected chi connectivity index (χ2v) is 8.79. The van der Waals surface area contributed by atoms with Crippen LogP contribution in [0.4, 0.5) is 26.3 Å². The highest BCUT2D eigenvalue weighted by molar-refractivity contribution is 5.98. The molecule has 4 aromatic rings. The second kappa shape index (κ2) is 10.0. The van der Waals surface area contributed by atoms with E-state index in [-0.39, 0.29) is 31.4 Å². The van der Waals surface area contributed by atoms with Crippen molar-refractivity contribution in [3.63, 3.8) is 0 Å². The Morgan fingerprint density at radius 1 is 0.897 bits per heavy atom. The fourth-order valence-corrected chi connectivity index (χ4v) is 4.24. The van der Waals surface area contributed by atoms with Gasteiger partial charge in [-0.2, -0.15) is 18.3 Å². The highest BCUT2D eigenvalue weighted by Crippen LogP contribution is 2.32. The fourth-order valence-electron chi connectivity index (χ4n) is 4.24. The zero-order valence-electron chi connectivity index (χ0n) is 19.9. The predicted octanol–water partition coefficient (Wildman–Crippen LogP) is 6.73. The molecule has 1 N–H and O–H groups in total. The molecule has 6 nitrogen and oxygen atoms in total. The molecule has 0 bridgehead atoms. The number of benzene rings is 3. The summed E-state index contributed by atoms with van der Waals surface area (Å²) in [6.07, 6.45) is -7.62. The van der Waals surface area contributed by atoms with Gasteiger partial charge in [-0.05, 0) is 53.6 Å². The number of amides is 1. The number of ether oxygens (including phenoxy) is 2. The molecular weight excluding hydrogens is 528 g/mol. The van der Waals surface area contributed by atoms with Gasteiger partial charge in [0.2, 0.25) is 0 Å². The molecule has 0 unspecified atom stereocenters. The maximum absolute atomic E-state index is 12.9. The normalized spacial score (nSPS) is 13.5. The van der Waals surface area contributed by atoms with Crippen LogP contribution < -0.4 is 9.47 Å². The number of hydrogen-bond acceptors (Lipinski definition) is 4. The molecule has 0 atom stereocenters. The quantitative estimate of drug-likeness (QED) is 0.261. The molecule has 1 aromatic heterocycles. The summed E-state index contributed by atoms with van der Waals surface area (Å²) in [5.74, 6) is -0.0774. The summed E-state index contributed by atoms with van der Waals surface area (Å²) in [4.78, 5) is 14.4. The number of halogens is 6. The first-order valence-corrected chi connectivity index (χ1v) is 11.6. The number of aromatic nitrogens is 2. The van der Waals surface area contributed by atoms with Crippen LogP contribution in [0.2, 0.25) is 0 Å².